The van der Waals surface area contributed by atoms with Crippen LogP contribution in [0.25, 0.3) is 0 Å². The first-order chi connectivity index (χ1) is 20.7. The third-order valence-electron chi connectivity index (χ3n) is 7.20. The molecule has 6 nitrogen and oxygen atoms in total. The molecule has 43 heavy (non-hydrogen) atoms. The Labute approximate surface area is 269 Å². The molecule has 0 saturated carbocycles. The molecule has 2 amide bonds. The largest absolute Gasteiger partial charge is 0.462 e. The van der Waals surface area contributed by atoms with E-state index in [2.05, 4.69) is 22.8 Å². The van der Waals surface area contributed by atoms with E-state index in [1.54, 1.807) is 37.3 Å². The van der Waals surface area contributed by atoms with Gasteiger partial charge in [0.15, 0.2) is 0 Å². The van der Waals surface area contributed by atoms with E-state index >= 15 is 0 Å². The van der Waals surface area contributed by atoms with Crippen molar-refractivity contribution in [2.75, 3.05) is 17.2 Å². The molecule has 10 heteroatoms. The van der Waals surface area contributed by atoms with Gasteiger partial charge in [-0.15, -0.1) is 23.1 Å². The molecule has 3 aromatic carbocycles. The molecule has 0 fully saturated rings. The highest BCUT2D eigenvalue weighted by Crippen LogP contribution is 2.43. The van der Waals surface area contributed by atoms with Gasteiger partial charge in [-0.25, -0.2) is 4.79 Å². The zero-order chi connectivity index (χ0) is 30.5. The average Bonchev–Trinajstić information content (AvgIpc) is 3.35. The lowest BCUT2D eigenvalue weighted by molar-refractivity contribution is -0.115. The van der Waals surface area contributed by atoms with Crippen molar-refractivity contribution in [3.8, 4) is 0 Å². The molecule has 0 saturated heterocycles. The quantitative estimate of drug-likeness (QED) is 0.139. The minimum absolute atomic E-state index is 0.226. The van der Waals surface area contributed by atoms with E-state index in [4.69, 9.17) is 27.9 Å². The number of rotatable bonds is 9. The standard InChI is InChI=1S/C33H30Cl2N2O4S2/c1-3-41-33(40)29-26-14-12-21(20-8-5-4-6-9-20)16-28(26)43-32(29)37-30(38)19(2)42-24-11-7-10-23(18-24)36-31(39)25-15-13-22(34)17-27(25)35/h4-11,13,15,17-19,21H,3,12,14,16H2,1-2H3,(H,36,39)(H,37,38). The van der Waals surface area contributed by atoms with Crippen LogP contribution in [0.4, 0.5) is 10.7 Å². The zero-order valence-electron chi connectivity index (χ0n) is 23.6. The second-order valence-electron chi connectivity index (χ2n) is 10.1. The summed E-state index contributed by atoms with van der Waals surface area (Å²) >= 11 is 15.0. The second kappa shape index (κ2) is 14.0. The number of fused-ring (bicyclic) bond motifs is 1. The van der Waals surface area contributed by atoms with E-state index in [0.29, 0.717) is 32.8 Å². The molecule has 0 spiro atoms. The smallest absolute Gasteiger partial charge is 0.341 e. The number of esters is 1. The van der Waals surface area contributed by atoms with Crippen molar-refractivity contribution in [3.05, 3.63) is 110 Å². The van der Waals surface area contributed by atoms with Gasteiger partial charge < -0.3 is 15.4 Å². The first kappa shape index (κ1) is 31.1. The highest BCUT2D eigenvalue weighted by Gasteiger charge is 2.31. The van der Waals surface area contributed by atoms with Crippen LogP contribution in [-0.2, 0) is 22.4 Å². The summed E-state index contributed by atoms with van der Waals surface area (Å²) in [5.41, 5.74) is 3.62. The molecule has 0 aliphatic heterocycles. The molecule has 1 aliphatic rings. The third-order valence-corrected chi connectivity index (χ3v) is 10.0. The Bertz CT molecular complexity index is 1660. The molecular weight excluding hydrogens is 623 g/mol. The summed E-state index contributed by atoms with van der Waals surface area (Å²) in [4.78, 5) is 41.1. The van der Waals surface area contributed by atoms with Gasteiger partial charge in [-0.3, -0.25) is 9.59 Å². The summed E-state index contributed by atoms with van der Waals surface area (Å²) in [6.45, 7) is 3.84. The molecule has 1 heterocycles. The van der Waals surface area contributed by atoms with E-state index < -0.39 is 11.2 Å². The lowest BCUT2D eigenvalue weighted by Crippen LogP contribution is -2.23. The molecule has 2 unspecified atom stereocenters. The molecule has 222 valence electrons. The highest BCUT2D eigenvalue weighted by molar-refractivity contribution is 8.00. The van der Waals surface area contributed by atoms with Crippen LogP contribution in [0.2, 0.25) is 10.0 Å². The van der Waals surface area contributed by atoms with E-state index in [-0.39, 0.29) is 23.4 Å². The van der Waals surface area contributed by atoms with Gasteiger partial charge in [0.1, 0.15) is 5.00 Å². The Morgan fingerprint density at radius 3 is 2.56 bits per heavy atom. The summed E-state index contributed by atoms with van der Waals surface area (Å²) in [5.74, 6) is -0.629. The monoisotopic (exact) mass is 652 g/mol. The Morgan fingerprint density at radius 2 is 1.81 bits per heavy atom. The number of anilines is 2. The number of hydrogen-bond donors (Lipinski definition) is 2. The normalized spacial score (nSPS) is 14.8. The van der Waals surface area contributed by atoms with Crippen molar-refractivity contribution >= 4 is 74.8 Å². The number of thiophene rings is 1. The Hall–Kier alpha value is -3.30. The van der Waals surface area contributed by atoms with Crippen molar-refractivity contribution < 1.29 is 19.1 Å². The van der Waals surface area contributed by atoms with Gasteiger partial charge in [-0.2, -0.15) is 0 Å². The number of hydrogen-bond acceptors (Lipinski definition) is 6. The van der Waals surface area contributed by atoms with Crippen LogP contribution in [0.15, 0.2) is 77.7 Å². The van der Waals surface area contributed by atoms with E-state index in [0.717, 1.165) is 34.6 Å². The number of carbonyl (C=O) groups excluding carboxylic acids is 3. The summed E-state index contributed by atoms with van der Waals surface area (Å²) in [5, 5.41) is 6.63. The summed E-state index contributed by atoms with van der Waals surface area (Å²) in [6.07, 6.45) is 2.49. The Kier molecular flexibility index (Phi) is 10.1. The lowest BCUT2D eigenvalue weighted by atomic mass is 9.83. The first-order valence-corrected chi connectivity index (χ1v) is 16.4. The number of ether oxygens (including phenoxy) is 1. The molecule has 0 bridgehead atoms. The van der Waals surface area contributed by atoms with E-state index in [1.165, 1.54) is 34.7 Å². The molecule has 5 rings (SSSR count). The fraction of sp³-hybridized carbons (Fsp3) is 0.242. The SMILES string of the molecule is CCOC(=O)c1c(NC(=O)C(C)Sc2cccc(NC(=O)c3ccc(Cl)cc3Cl)c2)sc2c1CCC(c1ccccc1)C2. The number of benzene rings is 3. The number of nitrogens with one attached hydrogen (secondary N) is 2. The molecule has 1 aromatic heterocycles. The maximum atomic E-state index is 13.4. The molecule has 2 N–H and O–H groups in total. The maximum absolute atomic E-state index is 13.4. The van der Waals surface area contributed by atoms with Gasteiger partial charge in [0.25, 0.3) is 5.91 Å². The highest BCUT2D eigenvalue weighted by atomic mass is 35.5. The fourth-order valence-electron chi connectivity index (χ4n) is 5.09. The van der Waals surface area contributed by atoms with Crippen LogP contribution in [0.5, 0.6) is 0 Å². The minimum Gasteiger partial charge on any atom is -0.462 e. The topological polar surface area (TPSA) is 84.5 Å². The molecule has 1 aliphatic carbocycles. The third kappa shape index (κ3) is 7.44. The Balaban J connectivity index is 1.29. The number of halogens is 2. The summed E-state index contributed by atoms with van der Waals surface area (Å²) < 4.78 is 5.39. The van der Waals surface area contributed by atoms with Crippen LogP contribution in [-0.4, -0.2) is 29.6 Å². The maximum Gasteiger partial charge on any atom is 0.341 e. The molecule has 4 aromatic rings. The predicted octanol–water partition coefficient (Wildman–Crippen LogP) is 8.88. The number of carbonyl (C=O) groups is 3. The molecular formula is C33H30Cl2N2O4S2. The first-order valence-electron chi connectivity index (χ1n) is 13.9. The lowest BCUT2D eigenvalue weighted by Gasteiger charge is -2.23. The Morgan fingerprint density at radius 1 is 1.02 bits per heavy atom. The van der Waals surface area contributed by atoms with E-state index in [1.807, 2.05) is 31.2 Å². The van der Waals surface area contributed by atoms with Crippen molar-refractivity contribution in [1.82, 2.24) is 0 Å². The second-order valence-corrected chi connectivity index (χ2v) is 13.5. The molecule has 2 atom stereocenters. The molecule has 0 radical (unpaired) electrons. The van der Waals surface area contributed by atoms with Crippen LogP contribution in [0.1, 0.15) is 62.9 Å². The zero-order valence-corrected chi connectivity index (χ0v) is 26.8. The number of thioether (sulfide) groups is 1. The van der Waals surface area contributed by atoms with Crippen molar-refractivity contribution in [1.29, 1.82) is 0 Å². The van der Waals surface area contributed by atoms with Crippen LogP contribution >= 0.6 is 46.3 Å². The fourth-order valence-corrected chi connectivity index (χ4v) is 7.83. The minimum atomic E-state index is -0.483. The van der Waals surface area contributed by atoms with Gasteiger partial charge in [0.2, 0.25) is 5.91 Å². The van der Waals surface area contributed by atoms with Crippen LogP contribution < -0.4 is 10.6 Å². The summed E-state index contributed by atoms with van der Waals surface area (Å²) in [7, 11) is 0. The van der Waals surface area contributed by atoms with Gasteiger partial charge in [-0.05, 0) is 86.6 Å². The van der Waals surface area contributed by atoms with Crippen molar-refractivity contribution in [2.24, 2.45) is 0 Å². The van der Waals surface area contributed by atoms with Gasteiger partial charge >= 0.3 is 5.97 Å². The van der Waals surface area contributed by atoms with Gasteiger partial charge in [0, 0.05) is 20.5 Å². The van der Waals surface area contributed by atoms with Crippen LogP contribution in [0.3, 0.4) is 0 Å². The summed E-state index contributed by atoms with van der Waals surface area (Å²) in [6, 6.07) is 22.3. The van der Waals surface area contributed by atoms with Crippen molar-refractivity contribution in [3.63, 3.8) is 0 Å². The van der Waals surface area contributed by atoms with Gasteiger partial charge in [-0.1, -0.05) is 59.6 Å². The van der Waals surface area contributed by atoms with Gasteiger partial charge in [0.05, 0.1) is 28.0 Å². The number of amides is 2. The average molecular weight is 654 g/mol. The van der Waals surface area contributed by atoms with Crippen LogP contribution in [0, 0.1) is 0 Å². The van der Waals surface area contributed by atoms with Crippen molar-refractivity contribution in [2.45, 2.75) is 49.2 Å². The van der Waals surface area contributed by atoms with E-state index in [9.17, 15) is 14.4 Å². The predicted molar refractivity (Wildman–Crippen MR) is 176 cm³/mol.